The minimum Gasteiger partial charge on any atom is -0.325 e. The number of sulfonamides is 1. The van der Waals surface area contributed by atoms with E-state index < -0.39 is 15.3 Å². The summed E-state index contributed by atoms with van der Waals surface area (Å²) in [4.78, 5) is 17.8. The smallest absolute Gasteiger partial charge is 0.240 e. The molecule has 2 N–H and O–H groups in total. The number of amides is 1. The summed E-state index contributed by atoms with van der Waals surface area (Å²) >= 11 is 1.40. The van der Waals surface area contributed by atoms with Crippen LogP contribution in [0.25, 0.3) is 10.9 Å². The van der Waals surface area contributed by atoms with Gasteiger partial charge in [0, 0.05) is 17.6 Å². The van der Waals surface area contributed by atoms with E-state index in [9.17, 15) is 13.2 Å². The van der Waals surface area contributed by atoms with E-state index in [1.54, 1.807) is 12.1 Å². The van der Waals surface area contributed by atoms with Gasteiger partial charge in [0.2, 0.25) is 15.9 Å². The number of rotatable bonds is 8. The van der Waals surface area contributed by atoms with Gasteiger partial charge in [-0.05, 0) is 80.8 Å². The van der Waals surface area contributed by atoms with Crippen molar-refractivity contribution < 1.29 is 13.2 Å². The molecule has 0 radical (unpaired) electrons. The first kappa shape index (κ1) is 25.9. The number of nitrogens with one attached hydrogen (secondary N) is 2. The molecule has 186 valence electrons. The molecule has 1 amide bonds. The molecule has 3 aromatic carbocycles. The fourth-order valence-electron chi connectivity index (χ4n) is 3.93. The van der Waals surface area contributed by atoms with Crippen molar-refractivity contribution >= 4 is 44.3 Å². The Bertz CT molecular complexity index is 1500. The topological polar surface area (TPSA) is 88.2 Å². The maximum atomic E-state index is 12.8. The number of nitrogens with zero attached hydrogens (tertiary/aromatic N) is 1. The molecule has 1 aromatic heterocycles. The van der Waals surface area contributed by atoms with E-state index in [1.165, 1.54) is 29.5 Å². The zero-order valence-electron chi connectivity index (χ0n) is 20.7. The van der Waals surface area contributed by atoms with Gasteiger partial charge in [0.25, 0.3) is 0 Å². The summed E-state index contributed by atoms with van der Waals surface area (Å²) in [5.74, 6) is -0.182. The molecule has 1 unspecified atom stereocenters. The molecule has 0 aliphatic rings. The highest BCUT2D eigenvalue weighted by Gasteiger charge is 2.18. The molecule has 0 saturated carbocycles. The monoisotopic (exact) mass is 519 g/mol. The summed E-state index contributed by atoms with van der Waals surface area (Å²) < 4.78 is 27.8. The number of aryl methyl sites for hydroxylation is 3. The highest BCUT2D eigenvalue weighted by molar-refractivity contribution is 8.00. The summed E-state index contributed by atoms with van der Waals surface area (Å²) in [5.41, 5.74) is 5.79. The average Bonchev–Trinajstić information content (AvgIpc) is 2.84. The number of carbonyl (C=O) groups excluding carboxylic acids is 1. The minimum atomic E-state index is -3.66. The maximum absolute atomic E-state index is 12.8. The van der Waals surface area contributed by atoms with Crippen molar-refractivity contribution in [1.29, 1.82) is 0 Å². The Morgan fingerprint density at radius 3 is 2.33 bits per heavy atom. The zero-order valence-corrected chi connectivity index (χ0v) is 22.3. The largest absolute Gasteiger partial charge is 0.325 e. The Labute approximate surface area is 216 Å². The highest BCUT2D eigenvalue weighted by Crippen LogP contribution is 2.29. The molecule has 0 saturated heterocycles. The SMILES string of the molecule is Cc1cc(C)c2nc(SC(C)C(=O)Nc3ccc(S(=O)(=O)NCc4ccccc4)cc3)cc(C)c2c1. The maximum Gasteiger partial charge on any atom is 0.240 e. The summed E-state index contributed by atoms with van der Waals surface area (Å²) in [5, 5.41) is 4.39. The quantitative estimate of drug-likeness (QED) is 0.289. The Kier molecular flexibility index (Phi) is 7.78. The van der Waals surface area contributed by atoms with Crippen LogP contribution in [0, 0.1) is 20.8 Å². The zero-order chi connectivity index (χ0) is 25.9. The van der Waals surface area contributed by atoms with Gasteiger partial charge in [0.05, 0.1) is 20.7 Å². The molecule has 4 rings (SSSR count). The van der Waals surface area contributed by atoms with Crippen LogP contribution < -0.4 is 10.0 Å². The van der Waals surface area contributed by atoms with E-state index in [0.717, 1.165) is 32.6 Å². The number of hydrogen-bond donors (Lipinski definition) is 2. The fraction of sp³-hybridized carbons (Fsp3) is 0.214. The molecule has 8 heteroatoms. The molecular weight excluding hydrogens is 490 g/mol. The van der Waals surface area contributed by atoms with Crippen molar-refractivity contribution in [2.75, 3.05) is 5.32 Å². The second-order valence-corrected chi connectivity index (χ2v) is 12.0. The van der Waals surface area contributed by atoms with Crippen LogP contribution in [0.5, 0.6) is 0 Å². The molecule has 0 spiro atoms. The predicted octanol–water partition coefficient (Wildman–Crippen LogP) is 5.76. The molecule has 0 aliphatic carbocycles. The van der Waals surface area contributed by atoms with Gasteiger partial charge in [-0.2, -0.15) is 0 Å². The van der Waals surface area contributed by atoms with Crippen LogP contribution in [-0.4, -0.2) is 24.6 Å². The third-order valence-corrected chi connectivity index (χ3v) is 8.28. The first-order valence-electron chi connectivity index (χ1n) is 11.6. The van der Waals surface area contributed by atoms with E-state index in [0.29, 0.717) is 5.69 Å². The van der Waals surface area contributed by atoms with Crippen molar-refractivity contribution in [3.8, 4) is 0 Å². The second kappa shape index (κ2) is 10.8. The molecule has 0 bridgehead atoms. The van der Waals surface area contributed by atoms with Gasteiger partial charge >= 0.3 is 0 Å². The fourth-order valence-corrected chi connectivity index (χ4v) is 5.86. The first-order chi connectivity index (χ1) is 17.1. The van der Waals surface area contributed by atoms with Crippen molar-refractivity contribution in [3.63, 3.8) is 0 Å². The lowest BCUT2D eigenvalue weighted by Crippen LogP contribution is -2.24. The number of fused-ring (bicyclic) bond motifs is 1. The molecule has 1 heterocycles. The summed E-state index contributed by atoms with van der Waals surface area (Å²) in [6, 6.07) is 21.7. The van der Waals surface area contributed by atoms with E-state index in [4.69, 9.17) is 4.98 Å². The normalized spacial score (nSPS) is 12.4. The van der Waals surface area contributed by atoms with E-state index in [1.807, 2.05) is 50.2 Å². The lowest BCUT2D eigenvalue weighted by molar-refractivity contribution is -0.115. The Morgan fingerprint density at radius 1 is 0.944 bits per heavy atom. The van der Waals surface area contributed by atoms with Gasteiger partial charge in [-0.3, -0.25) is 4.79 Å². The second-order valence-electron chi connectivity index (χ2n) is 8.84. The first-order valence-corrected chi connectivity index (χ1v) is 14.0. The van der Waals surface area contributed by atoms with Crippen molar-refractivity contribution in [2.24, 2.45) is 0 Å². The van der Waals surface area contributed by atoms with Gasteiger partial charge in [-0.15, -0.1) is 0 Å². The van der Waals surface area contributed by atoms with Crippen LogP contribution in [0.3, 0.4) is 0 Å². The number of hydrogen-bond acceptors (Lipinski definition) is 5. The predicted molar refractivity (Wildman–Crippen MR) is 147 cm³/mol. The lowest BCUT2D eigenvalue weighted by Gasteiger charge is -2.14. The van der Waals surface area contributed by atoms with Crippen LogP contribution in [0.15, 0.2) is 82.7 Å². The number of benzene rings is 3. The van der Waals surface area contributed by atoms with E-state index >= 15 is 0 Å². The standard InChI is InChI=1S/C28H29N3O3S2/c1-18-14-20(3)27-25(15-18)19(2)16-26(31-27)35-21(4)28(32)30-23-10-12-24(13-11-23)36(33,34)29-17-22-8-6-5-7-9-22/h5-16,21,29H,17H2,1-4H3,(H,30,32). The number of thioether (sulfide) groups is 1. The summed E-state index contributed by atoms with van der Waals surface area (Å²) in [6.45, 7) is 8.22. The summed E-state index contributed by atoms with van der Waals surface area (Å²) in [7, 11) is -3.66. The molecule has 6 nitrogen and oxygen atoms in total. The highest BCUT2D eigenvalue weighted by atomic mass is 32.2. The van der Waals surface area contributed by atoms with E-state index in [2.05, 4.69) is 36.0 Å². The molecule has 0 fully saturated rings. The van der Waals surface area contributed by atoms with Crippen molar-refractivity contribution in [1.82, 2.24) is 9.71 Å². The Hall–Kier alpha value is -3.20. The van der Waals surface area contributed by atoms with Gasteiger partial charge in [0.15, 0.2) is 0 Å². The van der Waals surface area contributed by atoms with Gasteiger partial charge in [-0.25, -0.2) is 18.1 Å². The Morgan fingerprint density at radius 2 is 1.64 bits per heavy atom. The minimum absolute atomic E-state index is 0.139. The molecule has 36 heavy (non-hydrogen) atoms. The van der Waals surface area contributed by atoms with Gasteiger partial charge in [-0.1, -0.05) is 53.7 Å². The Balaban J connectivity index is 1.40. The van der Waals surface area contributed by atoms with E-state index in [-0.39, 0.29) is 17.3 Å². The number of carbonyl (C=O) groups is 1. The number of anilines is 1. The number of pyridine rings is 1. The van der Waals surface area contributed by atoms with Crippen LogP contribution in [0.4, 0.5) is 5.69 Å². The third-order valence-electron chi connectivity index (χ3n) is 5.84. The van der Waals surface area contributed by atoms with Gasteiger partial charge in [0.1, 0.15) is 0 Å². The van der Waals surface area contributed by atoms with Gasteiger partial charge < -0.3 is 5.32 Å². The lowest BCUT2D eigenvalue weighted by atomic mass is 10.0. The molecular formula is C28H29N3O3S2. The third kappa shape index (κ3) is 6.13. The van der Waals surface area contributed by atoms with Crippen molar-refractivity contribution in [2.45, 2.75) is 49.4 Å². The van der Waals surface area contributed by atoms with Crippen LogP contribution in [0.1, 0.15) is 29.2 Å². The molecule has 4 aromatic rings. The molecule has 1 atom stereocenters. The summed E-state index contributed by atoms with van der Waals surface area (Å²) in [6.07, 6.45) is 0. The molecule has 0 aliphatic heterocycles. The van der Waals surface area contributed by atoms with Crippen molar-refractivity contribution in [3.05, 3.63) is 95.1 Å². The number of aromatic nitrogens is 1. The van der Waals surface area contributed by atoms with Crippen LogP contribution >= 0.6 is 11.8 Å². The average molecular weight is 520 g/mol. The van der Waals surface area contributed by atoms with Crippen LogP contribution in [0.2, 0.25) is 0 Å². The van der Waals surface area contributed by atoms with Crippen LogP contribution in [-0.2, 0) is 21.4 Å².